The number of imidazole rings is 1. The highest BCUT2D eigenvalue weighted by molar-refractivity contribution is 5.91. The van der Waals surface area contributed by atoms with Crippen molar-refractivity contribution >= 4 is 5.91 Å². The second-order valence-electron chi connectivity index (χ2n) is 6.26. The monoisotopic (exact) mass is 339 g/mol. The van der Waals surface area contributed by atoms with Gasteiger partial charge in [0.05, 0.1) is 17.9 Å². The summed E-state index contributed by atoms with van der Waals surface area (Å²) >= 11 is 0. The zero-order valence-electron chi connectivity index (χ0n) is 14.0. The van der Waals surface area contributed by atoms with E-state index in [2.05, 4.69) is 9.97 Å². The minimum Gasteiger partial charge on any atom is -0.494 e. The molecule has 0 radical (unpaired) electrons. The predicted octanol–water partition coefficient (Wildman–Crippen LogP) is 3.02. The molecule has 0 unspecified atom stereocenters. The first-order chi connectivity index (χ1) is 12.3. The van der Waals surface area contributed by atoms with Gasteiger partial charge in [-0.25, -0.2) is 4.98 Å². The number of likely N-dealkylation sites (tertiary alicyclic amines) is 1. The van der Waals surface area contributed by atoms with Crippen LogP contribution in [0.5, 0.6) is 0 Å². The van der Waals surface area contributed by atoms with Crippen LogP contribution in [0.25, 0.3) is 11.3 Å². The first kappa shape index (κ1) is 15.7. The first-order valence-corrected chi connectivity index (χ1v) is 8.69. The summed E-state index contributed by atoms with van der Waals surface area (Å²) in [6.07, 6.45) is 6.22. The molecule has 1 amide bonds. The van der Waals surface area contributed by atoms with Crippen molar-refractivity contribution in [3.63, 3.8) is 0 Å². The van der Waals surface area contributed by atoms with Crippen LogP contribution in [0.2, 0.25) is 0 Å². The number of aromatic nitrogens is 2. The van der Waals surface area contributed by atoms with Crippen LogP contribution in [0.1, 0.15) is 31.1 Å². The van der Waals surface area contributed by atoms with E-state index >= 15 is 0 Å². The van der Waals surface area contributed by atoms with Crippen LogP contribution in [-0.2, 0) is 14.3 Å². The summed E-state index contributed by atoms with van der Waals surface area (Å²) in [6.45, 7) is 1.60. The van der Waals surface area contributed by atoms with Gasteiger partial charge in [-0.15, -0.1) is 0 Å². The summed E-state index contributed by atoms with van der Waals surface area (Å²) in [5, 5.41) is 0. The topological polar surface area (TPSA) is 67.5 Å². The number of hydrogen-bond donors (Lipinski definition) is 1. The van der Waals surface area contributed by atoms with Gasteiger partial charge in [0.1, 0.15) is 25.3 Å². The van der Waals surface area contributed by atoms with E-state index in [0.717, 1.165) is 36.3 Å². The SMILES string of the molecule is O=C(C1=COCCO1)N1CCCC[C@H]1c1ncc(-c2ccccc2)[nH]1. The Morgan fingerprint density at radius 3 is 2.88 bits per heavy atom. The minimum atomic E-state index is -0.123. The van der Waals surface area contributed by atoms with E-state index in [-0.39, 0.29) is 17.7 Å². The molecule has 2 aromatic rings. The average molecular weight is 339 g/mol. The van der Waals surface area contributed by atoms with Gasteiger partial charge in [0.25, 0.3) is 5.91 Å². The van der Waals surface area contributed by atoms with Crippen LogP contribution < -0.4 is 0 Å². The van der Waals surface area contributed by atoms with E-state index in [9.17, 15) is 4.79 Å². The zero-order valence-corrected chi connectivity index (χ0v) is 14.0. The van der Waals surface area contributed by atoms with Crippen LogP contribution in [0.4, 0.5) is 0 Å². The van der Waals surface area contributed by atoms with Crippen molar-refractivity contribution in [2.75, 3.05) is 19.8 Å². The van der Waals surface area contributed by atoms with Gasteiger partial charge in [0.2, 0.25) is 5.76 Å². The number of carbonyl (C=O) groups is 1. The van der Waals surface area contributed by atoms with Gasteiger partial charge in [-0.3, -0.25) is 4.79 Å². The molecule has 0 bridgehead atoms. The molecule has 1 N–H and O–H groups in total. The highest BCUT2D eigenvalue weighted by atomic mass is 16.6. The molecule has 1 aromatic carbocycles. The molecule has 1 aromatic heterocycles. The van der Waals surface area contributed by atoms with Gasteiger partial charge >= 0.3 is 0 Å². The van der Waals surface area contributed by atoms with Crippen LogP contribution in [0, 0.1) is 0 Å². The number of aromatic amines is 1. The van der Waals surface area contributed by atoms with Crippen molar-refractivity contribution in [1.82, 2.24) is 14.9 Å². The highest BCUT2D eigenvalue weighted by Gasteiger charge is 2.33. The number of rotatable bonds is 3. The zero-order chi connectivity index (χ0) is 17.1. The average Bonchev–Trinajstić information content (AvgIpc) is 3.19. The molecule has 130 valence electrons. The Bertz CT molecular complexity index is 769. The molecule has 1 fully saturated rings. The summed E-state index contributed by atoms with van der Waals surface area (Å²) in [7, 11) is 0. The molecule has 0 aliphatic carbocycles. The van der Waals surface area contributed by atoms with Gasteiger partial charge in [-0.05, 0) is 24.8 Å². The second-order valence-corrected chi connectivity index (χ2v) is 6.26. The van der Waals surface area contributed by atoms with Crippen molar-refractivity contribution in [1.29, 1.82) is 0 Å². The Morgan fingerprint density at radius 2 is 2.08 bits per heavy atom. The fourth-order valence-electron chi connectivity index (χ4n) is 3.35. The van der Waals surface area contributed by atoms with E-state index in [1.54, 1.807) is 0 Å². The fourth-order valence-corrected chi connectivity index (χ4v) is 3.35. The molecule has 3 heterocycles. The van der Waals surface area contributed by atoms with Crippen molar-refractivity contribution in [3.8, 4) is 11.3 Å². The number of piperidine rings is 1. The summed E-state index contributed by atoms with van der Waals surface area (Å²) in [4.78, 5) is 22.6. The molecule has 0 saturated carbocycles. The molecule has 2 aliphatic heterocycles. The Hall–Kier alpha value is -2.76. The predicted molar refractivity (Wildman–Crippen MR) is 92.3 cm³/mol. The van der Waals surface area contributed by atoms with Crippen LogP contribution in [0.3, 0.4) is 0 Å². The van der Waals surface area contributed by atoms with Gasteiger partial charge in [-0.1, -0.05) is 30.3 Å². The summed E-state index contributed by atoms with van der Waals surface area (Å²) in [5.41, 5.74) is 2.05. The number of benzene rings is 1. The van der Waals surface area contributed by atoms with Crippen molar-refractivity contribution < 1.29 is 14.3 Å². The van der Waals surface area contributed by atoms with E-state index in [1.807, 2.05) is 41.4 Å². The maximum Gasteiger partial charge on any atom is 0.292 e. The normalized spacial score (nSPS) is 20.4. The molecule has 6 heteroatoms. The largest absolute Gasteiger partial charge is 0.494 e. The Morgan fingerprint density at radius 1 is 1.20 bits per heavy atom. The van der Waals surface area contributed by atoms with Crippen molar-refractivity contribution in [2.45, 2.75) is 25.3 Å². The number of carbonyl (C=O) groups excluding carboxylic acids is 1. The standard InChI is InChI=1S/C19H21N3O3/c23-19(17-13-24-10-11-25-17)22-9-5-4-8-16(22)18-20-12-15(21-18)14-6-2-1-3-7-14/h1-3,6-7,12-13,16H,4-5,8-11H2,(H,20,21)/t16-/m0/s1. The number of H-pyrrole nitrogens is 1. The third-order valence-electron chi connectivity index (χ3n) is 4.62. The first-order valence-electron chi connectivity index (χ1n) is 8.69. The maximum absolute atomic E-state index is 12.8. The Labute approximate surface area is 146 Å². The molecule has 4 rings (SSSR count). The Kier molecular flexibility index (Phi) is 4.41. The van der Waals surface area contributed by atoms with Gasteiger partial charge in [-0.2, -0.15) is 0 Å². The number of ether oxygens (including phenoxy) is 2. The molecule has 2 aliphatic rings. The van der Waals surface area contributed by atoms with Crippen LogP contribution in [0.15, 0.2) is 48.5 Å². The maximum atomic E-state index is 12.8. The summed E-state index contributed by atoms with van der Waals surface area (Å²) < 4.78 is 10.7. The quantitative estimate of drug-likeness (QED) is 0.933. The van der Waals surface area contributed by atoms with Gasteiger partial charge < -0.3 is 19.4 Å². The molecular formula is C19H21N3O3. The second kappa shape index (κ2) is 7.01. The van der Waals surface area contributed by atoms with Crippen molar-refractivity contribution in [2.24, 2.45) is 0 Å². The molecule has 1 saturated heterocycles. The number of nitrogens with one attached hydrogen (secondary N) is 1. The summed E-state index contributed by atoms with van der Waals surface area (Å²) in [5.74, 6) is 0.985. The van der Waals surface area contributed by atoms with Gasteiger partial charge in [0, 0.05) is 6.54 Å². The fraction of sp³-hybridized carbons (Fsp3) is 0.368. The third-order valence-corrected chi connectivity index (χ3v) is 4.62. The molecular weight excluding hydrogens is 318 g/mol. The molecule has 1 atom stereocenters. The van der Waals surface area contributed by atoms with E-state index in [1.165, 1.54) is 6.26 Å². The smallest absolute Gasteiger partial charge is 0.292 e. The van der Waals surface area contributed by atoms with Crippen LogP contribution >= 0.6 is 0 Å². The Balaban J connectivity index is 1.58. The van der Waals surface area contributed by atoms with Crippen LogP contribution in [-0.4, -0.2) is 40.5 Å². The lowest BCUT2D eigenvalue weighted by atomic mass is 10.0. The van der Waals surface area contributed by atoms with E-state index < -0.39 is 0 Å². The van der Waals surface area contributed by atoms with Crippen molar-refractivity contribution in [3.05, 3.63) is 54.4 Å². The van der Waals surface area contributed by atoms with E-state index in [0.29, 0.717) is 19.8 Å². The lowest BCUT2D eigenvalue weighted by Crippen LogP contribution is -2.40. The molecule has 6 nitrogen and oxygen atoms in total. The molecule has 25 heavy (non-hydrogen) atoms. The lowest BCUT2D eigenvalue weighted by Gasteiger charge is -2.35. The number of amides is 1. The number of nitrogens with zero attached hydrogens (tertiary/aromatic N) is 2. The van der Waals surface area contributed by atoms with Gasteiger partial charge in [0.15, 0.2) is 0 Å². The number of hydrogen-bond acceptors (Lipinski definition) is 4. The van der Waals surface area contributed by atoms with E-state index in [4.69, 9.17) is 9.47 Å². The lowest BCUT2D eigenvalue weighted by molar-refractivity contribution is -0.136. The highest BCUT2D eigenvalue weighted by Crippen LogP contribution is 2.32. The third kappa shape index (κ3) is 3.24. The molecule has 0 spiro atoms. The summed E-state index contributed by atoms with van der Waals surface area (Å²) in [6, 6.07) is 10.0. The minimum absolute atomic E-state index is 0.0647.